The van der Waals surface area contributed by atoms with Crippen LogP contribution in [0.25, 0.3) is 0 Å². The number of aryl methyl sites for hydroxylation is 1. The summed E-state index contributed by atoms with van der Waals surface area (Å²) in [6, 6.07) is 10.8. The zero-order chi connectivity index (χ0) is 14.0. The molecular weight excluding hydrogens is 393 g/mol. The number of halogens is 3. The lowest BCUT2D eigenvalue weighted by Gasteiger charge is -2.09. The van der Waals surface area contributed by atoms with Gasteiger partial charge in [0.2, 0.25) is 0 Å². The predicted octanol–water partition coefficient (Wildman–Crippen LogP) is 5.43. The number of hydrogen-bond donors (Lipinski definition) is 1. The molecule has 0 heterocycles. The second-order valence-corrected chi connectivity index (χ2v) is 6.22. The molecule has 0 aliphatic carbocycles. The highest BCUT2D eigenvalue weighted by molar-refractivity contribution is 9.10. The fourth-order valence-electron chi connectivity index (χ4n) is 1.60. The zero-order valence-electron chi connectivity index (χ0n) is 10.0. The SMILES string of the molecule is Cc1cc(Br)ccc1NC(=O)c1ccc(Cl)c(Br)c1. The number of anilines is 1. The van der Waals surface area contributed by atoms with Crippen LogP contribution in [-0.4, -0.2) is 5.91 Å². The van der Waals surface area contributed by atoms with Crippen molar-refractivity contribution in [2.75, 3.05) is 5.32 Å². The normalized spacial score (nSPS) is 10.3. The Hall–Kier alpha value is -0.840. The van der Waals surface area contributed by atoms with E-state index in [2.05, 4.69) is 37.2 Å². The summed E-state index contributed by atoms with van der Waals surface area (Å²) in [5.41, 5.74) is 2.34. The van der Waals surface area contributed by atoms with Crippen molar-refractivity contribution in [3.63, 3.8) is 0 Å². The topological polar surface area (TPSA) is 29.1 Å². The number of carbonyl (C=O) groups is 1. The van der Waals surface area contributed by atoms with Crippen molar-refractivity contribution in [1.29, 1.82) is 0 Å². The predicted molar refractivity (Wildman–Crippen MR) is 86.0 cm³/mol. The van der Waals surface area contributed by atoms with Crippen molar-refractivity contribution in [3.05, 3.63) is 61.5 Å². The van der Waals surface area contributed by atoms with Gasteiger partial charge in [-0.15, -0.1) is 0 Å². The summed E-state index contributed by atoms with van der Waals surface area (Å²) in [6.45, 7) is 1.94. The third-order valence-electron chi connectivity index (χ3n) is 2.62. The van der Waals surface area contributed by atoms with Crippen LogP contribution < -0.4 is 5.32 Å². The van der Waals surface area contributed by atoms with E-state index in [0.29, 0.717) is 15.1 Å². The Labute approximate surface area is 133 Å². The van der Waals surface area contributed by atoms with E-state index in [4.69, 9.17) is 11.6 Å². The van der Waals surface area contributed by atoms with Gasteiger partial charge in [0.25, 0.3) is 5.91 Å². The molecule has 0 radical (unpaired) electrons. The molecule has 0 aromatic heterocycles. The first-order chi connectivity index (χ1) is 8.97. The summed E-state index contributed by atoms with van der Waals surface area (Å²) in [5.74, 6) is -0.164. The van der Waals surface area contributed by atoms with Crippen molar-refractivity contribution in [3.8, 4) is 0 Å². The molecule has 2 rings (SSSR count). The first-order valence-corrected chi connectivity index (χ1v) is 7.46. The van der Waals surface area contributed by atoms with E-state index in [-0.39, 0.29) is 5.91 Å². The second kappa shape index (κ2) is 6.07. The smallest absolute Gasteiger partial charge is 0.255 e. The lowest BCUT2D eigenvalue weighted by molar-refractivity contribution is 0.102. The number of rotatable bonds is 2. The monoisotopic (exact) mass is 401 g/mol. The van der Waals surface area contributed by atoms with Gasteiger partial charge in [-0.25, -0.2) is 0 Å². The molecule has 1 N–H and O–H groups in total. The minimum absolute atomic E-state index is 0.164. The Morgan fingerprint density at radius 1 is 1.16 bits per heavy atom. The van der Waals surface area contributed by atoms with Crippen molar-refractivity contribution >= 4 is 55.1 Å². The maximum Gasteiger partial charge on any atom is 0.255 e. The summed E-state index contributed by atoms with van der Waals surface area (Å²) < 4.78 is 1.69. The van der Waals surface area contributed by atoms with Crippen molar-refractivity contribution in [2.24, 2.45) is 0 Å². The lowest BCUT2D eigenvalue weighted by atomic mass is 10.1. The zero-order valence-corrected chi connectivity index (χ0v) is 13.9. The Kier molecular flexibility index (Phi) is 4.66. The van der Waals surface area contributed by atoms with E-state index >= 15 is 0 Å². The van der Waals surface area contributed by atoms with Crippen LogP contribution in [0, 0.1) is 6.92 Å². The van der Waals surface area contributed by atoms with Crippen LogP contribution in [0.4, 0.5) is 5.69 Å². The largest absolute Gasteiger partial charge is 0.322 e. The molecule has 2 nitrogen and oxygen atoms in total. The number of benzene rings is 2. The van der Waals surface area contributed by atoms with Crippen LogP contribution in [0.1, 0.15) is 15.9 Å². The number of hydrogen-bond acceptors (Lipinski definition) is 1. The van der Waals surface area contributed by atoms with Gasteiger partial charge in [0, 0.05) is 20.2 Å². The molecule has 2 aromatic carbocycles. The molecule has 0 aliphatic rings. The fraction of sp³-hybridized carbons (Fsp3) is 0.0714. The Balaban J connectivity index is 2.23. The number of nitrogens with one attached hydrogen (secondary N) is 1. The first-order valence-electron chi connectivity index (χ1n) is 5.50. The maximum absolute atomic E-state index is 12.1. The Morgan fingerprint density at radius 3 is 2.53 bits per heavy atom. The third kappa shape index (κ3) is 3.59. The van der Waals surface area contributed by atoms with Crippen LogP contribution in [0.3, 0.4) is 0 Å². The van der Waals surface area contributed by atoms with E-state index in [0.717, 1.165) is 15.7 Å². The lowest BCUT2D eigenvalue weighted by Crippen LogP contribution is -2.12. The highest BCUT2D eigenvalue weighted by atomic mass is 79.9. The van der Waals surface area contributed by atoms with Gasteiger partial charge < -0.3 is 5.32 Å². The molecule has 0 spiro atoms. The number of carbonyl (C=O) groups excluding carboxylic acids is 1. The van der Waals surface area contributed by atoms with Gasteiger partial charge in [0.1, 0.15) is 0 Å². The minimum Gasteiger partial charge on any atom is -0.322 e. The van der Waals surface area contributed by atoms with Gasteiger partial charge in [-0.05, 0) is 64.8 Å². The molecule has 0 fully saturated rings. The van der Waals surface area contributed by atoms with Crippen molar-refractivity contribution in [1.82, 2.24) is 0 Å². The van der Waals surface area contributed by atoms with Gasteiger partial charge in [0.05, 0.1) is 5.02 Å². The molecule has 2 aromatic rings. The molecular formula is C14H10Br2ClNO. The quantitative estimate of drug-likeness (QED) is 0.712. The van der Waals surface area contributed by atoms with Gasteiger partial charge in [-0.2, -0.15) is 0 Å². The fourth-order valence-corrected chi connectivity index (χ4v) is 2.57. The number of amides is 1. The van der Waals surface area contributed by atoms with E-state index < -0.39 is 0 Å². The summed E-state index contributed by atoms with van der Waals surface area (Å²) in [7, 11) is 0. The van der Waals surface area contributed by atoms with E-state index in [1.807, 2.05) is 25.1 Å². The van der Waals surface area contributed by atoms with Crippen LogP contribution >= 0.6 is 43.5 Å². The molecule has 0 unspecified atom stereocenters. The molecule has 0 saturated heterocycles. The summed E-state index contributed by atoms with van der Waals surface area (Å²) >= 11 is 12.6. The minimum atomic E-state index is -0.164. The molecule has 0 saturated carbocycles. The van der Waals surface area contributed by atoms with Crippen LogP contribution in [0.15, 0.2) is 45.3 Å². The molecule has 19 heavy (non-hydrogen) atoms. The third-order valence-corrected chi connectivity index (χ3v) is 4.33. The van der Waals surface area contributed by atoms with Gasteiger partial charge in [0.15, 0.2) is 0 Å². The Morgan fingerprint density at radius 2 is 1.89 bits per heavy atom. The van der Waals surface area contributed by atoms with Crippen molar-refractivity contribution in [2.45, 2.75) is 6.92 Å². The molecule has 98 valence electrons. The van der Waals surface area contributed by atoms with Crippen LogP contribution in [0.2, 0.25) is 5.02 Å². The average Bonchev–Trinajstić information content (AvgIpc) is 2.36. The van der Waals surface area contributed by atoms with Gasteiger partial charge >= 0.3 is 0 Å². The molecule has 1 amide bonds. The highest BCUT2D eigenvalue weighted by Crippen LogP contribution is 2.25. The molecule has 5 heteroatoms. The average molecular weight is 404 g/mol. The molecule has 0 atom stereocenters. The first kappa shape index (κ1) is 14.6. The van der Waals surface area contributed by atoms with Crippen LogP contribution in [0.5, 0.6) is 0 Å². The molecule has 0 aliphatic heterocycles. The summed E-state index contributed by atoms with van der Waals surface area (Å²) in [5, 5.41) is 3.46. The Bertz CT molecular complexity index is 643. The summed E-state index contributed by atoms with van der Waals surface area (Å²) in [4.78, 5) is 12.1. The highest BCUT2D eigenvalue weighted by Gasteiger charge is 2.09. The van der Waals surface area contributed by atoms with Gasteiger partial charge in [-0.3, -0.25) is 4.79 Å². The second-order valence-electron chi connectivity index (χ2n) is 4.04. The maximum atomic E-state index is 12.1. The summed E-state index contributed by atoms with van der Waals surface area (Å²) in [6.07, 6.45) is 0. The van der Waals surface area contributed by atoms with Crippen LogP contribution in [-0.2, 0) is 0 Å². The van der Waals surface area contributed by atoms with E-state index in [1.54, 1.807) is 18.2 Å². The van der Waals surface area contributed by atoms with Crippen molar-refractivity contribution < 1.29 is 4.79 Å². The van der Waals surface area contributed by atoms with E-state index in [1.165, 1.54) is 0 Å². The molecule has 0 bridgehead atoms. The standard InChI is InChI=1S/C14H10Br2ClNO/c1-8-6-10(15)3-5-13(8)18-14(19)9-2-4-12(17)11(16)7-9/h2-7H,1H3,(H,18,19). The van der Waals surface area contributed by atoms with E-state index in [9.17, 15) is 4.79 Å². The van der Waals surface area contributed by atoms with Gasteiger partial charge in [-0.1, -0.05) is 27.5 Å².